The number of amides is 1. The van der Waals surface area contributed by atoms with Crippen LogP contribution in [0.3, 0.4) is 0 Å². The number of benzene rings is 1. The smallest absolute Gasteiger partial charge is 0.426 e. The molecule has 0 radical (unpaired) electrons. The average molecular weight is 264 g/mol. The summed E-state index contributed by atoms with van der Waals surface area (Å²) in [6.07, 6.45) is 2.50. The summed E-state index contributed by atoms with van der Waals surface area (Å²) in [4.78, 5) is 11.6. The molecule has 1 N–H and O–H groups in total. The molecule has 19 heavy (non-hydrogen) atoms. The van der Waals surface area contributed by atoms with Gasteiger partial charge in [-0.1, -0.05) is 32.4 Å². The molecule has 0 saturated heterocycles. The lowest BCUT2D eigenvalue weighted by molar-refractivity contribution is 0.143. The molecular weight excluding hydrogens is 240 g/mol. The van der Waals surface area contributed by atoms with Gasteiger partial charge in [0.25, 0.3) is 0 Å². The Balaban J connectivity index is 2.59. The van der Waals surface area contributed by atoms with E-state index in [9.17, 15) is 4.79 Å². The van der Waals surface area contributed by atoms with E-state index in [2.05, 4.69) is 31.4 Å². The van der Waals surface area contributed by atoms with E-state index in [0.29, 0.717) is 13.2 Å². The maximum absolute atomic E-state index is 11.6. The molecule has 0 bridgehead atoms. The molecule has 0 fully saturated rings. The Morgan fingerprint density at radius 2 is 2.11 bits per heavy atom. The number of hydrogen-bond donors (Lipinski definition) is 1. The molecule has 1 aromatic carbocycles. The second kappa shape index (κ2) is 8.40. The lowest BCUT2D eigenvalue weighted by Crippen LogP contribution is -2.42. The lowest BCUT2D eigenvalue weighted by atomic mass is 10.1. The monoisotopic (exact) mass is 264 g/mol. The fourth-order valence-electron chi connectivity index (χ4n) is 1.72. The van der Waals surface area contributed by atoms with E-state index < -0.39 is 6.09 Å². The normalized spacial score (nSPS) is 10.1. The van der Waals surface area contributed by atoms with Crippen molar-refractivity contribution < 1.29 is 9.53 Å². The van der Waals surface area contributed by atoms with Crippen molar-refractivity contribution in [3.05, 3.63) is 29.8 Å². The van der Waals surface area contributed by atoms with Gasteiger partial charge in [-0.25, -0.2) is 10.2 Å². The van der Waals surface area contributed by atoms with Gasteiger partial charge in [-0.3, -0.25) is 5.01 Å². The van der Waals surface area contributed by atoms with Crippen LogP contribution in [0.15, 0.2) is 24.3 Å². The highest BCUT2D eigenvalue weighted by Gasteiger charge is 2.09. The number of nitrogens with one attached hydrogen (secondary N) is 1. The van der Waals surface area contributed by atoms with Crippen LogP contribution in [-0.4, -0.2) is 19.2 Å². The number of aryl methyl sites for hydroxylation is 1. The maximum Gasteiger partial charge on any atom is 0.426 e. The number of rotatable bonds is 7. The molecule has 1 aromatic rings. The van der Waals surface area contributed by atoms with Gasteiger partial charge in [0.15, 0.2) is 0 Å². The first kappa shape index (κ1) is 15.3. The molecule has 0 atom stereocenters. The third-order valence-corrected chi connectivity index (χ3v) is 2.90. The maximum atomic E-state index is 11.6. The molecule has 106 valence electrons. The Morgan fingerprint density at radius 3 is 2.74 bits per heavy atom. The van der Waals surface area contributed by atoms with Gasteiger partial charge in [-0.2, -0.15) is 0 Å². The molecular formula is C15H24N2O2. The number of carbonyl (C=O) groups excluding carboxylic acids is 1. The first-order valence-corrected chi connectivity index (χ1v) is 7.01. The molecule has 0 aromatic heterocycles. The number of hydrazine groups is 1. The van der Waals surface area contributed by atoms with E-state index in [0.717, 1.165) is 24.9 Å². The zero-order chi connectivity index (χ0) is 14.1. The van der Waals surface area contributed by atoms with Crippen LogP contribution in [-0.2, 0) is 11.2 Å². The van der Waals surface area contributed by atoms with Crippen molar-refractivity contribution in [1.82, 2.24) is 5.43 Å². The molecule has 1 rings (SSSR count). The van der Waals surface area contributed by atoms with Crippen molar-refractivity contribution in [3.8, 4) is 0 Å². The van der Waals surface area contributed by atoms with Gasteiger partial charge >= 0.3 is 6.09 Å². The number of ether oxygens (including phenoxy) is 1. The van der Waals surface area contributed by atoms with Crippen LogP contribution in [0.25, 0.3) is 0 Å². The third-order valence-electron chi connectivity index (χ3n) is 2.90. The third kappa shape index (κ3) is 5.20. The van der Waals surface area contributed by atoms with Crippen molar-refractivity contribution in [1.29, 1.82) is 0 Å². The highest BCUT2D eigenvalue weighted by molar-refractivity contribution is 5.70. The van der Waals surface area contributed by atoms with Crippen LogP contribution >= 0.6 is 0 Å². The number of unbranched alkanes of at least 4 members (excludes halogenated alkanes) is 1. The lowest BCUT2D eigenvalue weighted by Gasteiger charge is -2.23. The number of anilines is 1. The van der Waals surface area contributed by atoms with Gasteiger partial charge in [0.2, 0.25) is 0 Å². The van der Waals surface area contributed by atoms with E-state index in [-0.39, 0.29) is 0 Å². The predicted octanol–water partition coefficient (Wildman–Crippen LogP) is 3.52. The summed E-state index contributed by atoms with van der Waals surface area (Å²) in [5.74, 6) is 0. The first-order chi connectivity index (χ1) is 9.21. The van der Waals surface area contributed by atoms with Gasteiger partial charge < -0.3 is 4.74 Å². The van der Waals surface area contributed by atoms with Gasteiger partial charge in [0.1, 0.15) is 0 Å². The highest BCUT2D eigenvalue weighted by atomic mass is 16.6. The Morgan fingerprint density at radius 1 is 1.32 bits per heavy atom. The molecule has 0 unspecified atom stereocenters. The quantitative estimate of drug-likeness (QED) is 0.605. The summed E-state index contributed by atoms with van der Waals surface area (Å²) < 4.78 is 5.10. The minimum absolute atomic E-state index is 0.391. The van der Waals surface area contributed by atoms with E-state index in [1.165, 1.54) is 5.56 Å². The van der Waals surface area contributed by atoms with Gasteiger partial charge in [-0.15, -0.1) is 0 Å². The van der Waals surface area contributed by atoms with Crippen LogP contribution < -0.4 is 10.4 Å². The molecule has 0 aliphatic carbocycles. The number of hydrogen-bond acceptors (Lipinski definition) is 3. The Bertz CT molecular complexity index is 393. The van der Waals surface area contributed by atoms with Crippen molar-refractivity contribution in [3.63, 3.8) is 0 Å². The fourth-order valence-corrected chi connectivity index (χ4v) is 1.72. The predicted molar refractivity (Wildman–Crippen MR) is 78.2 cm³/mol. The topological polar surface area (TPSA) is 41.6 Å². The second-order valence-electron chi connectivity index (χ2n) is 4.37. The van der Waals surface area contributed by atoms with Gasteiger partial charge in [0, 0.05) is 6.54 Å². The molecule has 0 heterocycles. The summed E-state index contributed by atoms with van der Waals surface area (Å²) in [6, 6.07) is 8.14. The summed E-state index contributed by atoms with van der Waals surface area (Å²) in [6.45, 7) is 7.33. The van der Waals surface area contributed by atoms with Crippen molar-refractivity contribution in [2.24, 2.45) is 0 Å². The van der Waals surface area contributed by atoms with Crippen molar-refractivity contribution >= 4 is 11.8 Å². The summed E-state index contributed by atoms with van der Waals surface area (Å²) in [5, 5.41) is 1.80. The molecule has 0 spiro atoms. The largest absolute Gasteiger partial charge is 0.448 e. The molecule has 0 aliphatic rings. The van der Waals surface area contributed by atoms with Gasteiger partial charge in [0.05, 0.1) is 12.3 Å². The number of carbonyl (C=O) groups is 1. The molecule has 1 amide bonds. The zero-order valence-corrected chi connectivity index (χ0v) is 12.1. The molecule has 4 nitrogen and oxygen atoms in total. The van der Waals surface area contributed by atoms with Crippen LogP contribution in [0.5, 0.6) is 0 Å². The summed E-state index contributed by atoms with van der Waals surface area (Å²) >= 11 is 0. The van der Waals surface area contributed by atoms with Gasteiger partial charge in [-0.05, 0) is 37.5 Å². The molecule has 0 saturated carbocycles. The summed E-state index contributed by atoms with van der Waals surface area (Å²) in [7, 11) is 0. The Labute approximate surface area is 115 Å². The van der Waals surface area contributed by atoms with E-state index in [1.54, 1.807) is 5.01 Å². The standard InChI is InChI=1S/C15H24N2O2/c1-4-7-11-19-15(18)16-17(6-3)14-10-8-9-13(5-2)12-14/h8-10,12H,4-7,11H2,1-3H3,(H,16,18). The van der Waals surface area contributed by atoms with E-state index in [1.807, 2.05) is 19.1 Å². The van der Waals surface area contributed by atoms with Crippen LogP contribution in [0.4, 0.5) is 10.5 Å². The highest BCUT2D eigenvalue weighted by Crippen LogP contribution is 2.14. The zero-order valence-electron chi connectivity index (χ0n) is 12.1. The molecule has 0 aliphatic heterocycles. The SMILES string of the molecule is CCCCOC(=O)NN(CC)c1cccc(CC)c1. The first-order valence-electron chi connectivity index (χ1n) is 7.01. The van der Waals surface area contributed by atoms with Crippen LogP contribution in [0.2, 0.25) is 0 Å². The summed E-state index contributed by atoms with van der Waals surface area (Å²) in [5.41, 5.74) is 4.99. The van der Waals surface area contributed by atoms with Crippen molar-refractivity contribution in [2.75, 3.05) is 18.2 Å². The second-order valence-corrected chi connectivity index (χ2v) is 4.37. The van der Waals surface area contributed by atoms with Crippen molar-refractivity contribution in [2.45, 2.75) is 40.0 Å². The Kier molecular flexibility index (Phi) is 6.79. The average Bonchev–Trinajstić information content (AvgIpc) is 2.45. The fraction of sp³-hybridized carbons (Fsp3) is 0.533. The van der Waals surface area contributed by atoms with E-state index in [4.69, 9.17) is 4.74 Å². The van der Waals surface area contributed by atoms with E-state index >= 15 is 0 Å². The minimum atomic E-state index is -0.391. The minimum Gasteiger partial charge on any atom is -0.448 e. The Hall–Kier alpha value is -1.71. The van der Waals surface area contributed by atoms with Crippen LogP contribution in [0, 0.1) is 0 Å². The molecule has 4 heteroatoms. The number of nitrogens with zero attached hydrogens (tertiary/aromatic N) is 1. The van der Waals surface area contributed by atoms with Crippen LogP contribution in [0.1, 0.15) is 39.2 Å².